The molecular weight excluding hydrogens is 494 g/mol. The van der Waals surface area contributed by atoms with Crippen molar-refractivity contribution in [2.24, 2.45) is 11.7 Å². The number of aromatic nitrogens is 3. The summed E-state index contributed by atoms with van der Waals surface area (Å²) >= 11 is 0. The Bertz CT molecular complexity index is 1260. The van der Waals surface area contributed by atoms with E-state index in [0.29, 0.717) is 11.3 Å². The minimum absolute atomic E-state index is 0.0212. The number of rotatable bonds is 13. The van der Waals surface area contributed by atoms with Crippen LogP contribution in [0.4, 0.5) is 0 Å². The van der Waals surface area contributed by atoms with E-state index < -0.39 is 60.4 Å². The van der Waals surface area contributed by atoms with Crippen LogP contribution in [0.1, 0.15) is 25.1 Å². The van der Waals surface area contributed by atoms with Gasteiger partial charge in [0.15, 0.2) is 0 Å². The fourth-order valence-electron chi connectivity index (χ4n) is 3.97. The molecule has 204 valence electrons. The molecule has 13 nitrogen and oxygen atoms in total. The summed E-state index contributed by atoms with van der Waals surface area (Å²) in [5, 5.41) is 27.7. The molecule has 1 aromatic carbocycles. The van der Waals surface area contributed by atoms with E-state index in [-0.39, 0.29) is 12.8 Å². The molecule has 0 aliphatic rings. The molecule has 2 heterocycles. The number of aliphatic hydroxyl groups is 1. The van der Waals surface area contributed by atoms with Gasteiger partial charge in [-0.1, -0.05) is 32.0 Å². The Morgan fingerprint density at radius 3 is 2.32 bits per heavy atom. The van der Waals surface area contributed by atoms with Crippen LogP contribution in [-0.2, 0) is 32.0 Å². The summed E-state index contributed by atoms with van der Waals surface area (Å²) in [5.41, 5.74) is 8.06. The predicted octanol–water partition coefficient (Wildman–Crippen LogP) is -0.809. The summed E-state index contributed by atoms with van der Waals surface area (Å²) in [7, 11) is 0. The highest BCUT2D eigenvalue weighted by Crippen LogP contribution is 2.19. The summed E-state index contributed by atoms with van der Waals surface area (Å²) in [5.74, 6) is -3.86. The fraction of sp³-hybridized carbons (Fsp3) is 0.400. The summed E-state index contributed by atoms with van der Waals surface area (Å²) in [6.07, 6.45) is 4.80. The number of carboxylic acid groups (broad SMARTS) is 1. The van der Waals surface area contributed by atoms with Crippen LogP contribution in [0.3, 0.4) is 0 Å². The van der Waals surface area contributed by atoms with Crippen LogP contribution in [0.15, 0.2) is 43.0 Å². The number of carbonyl (C=O) groups excluding carboxylic acids is 3. The molecule has 3 rings (SSSR count). The van der Waals surface area contributed by atoms with Crippen LogP contribution in [0.5, 0.6) is 0 Å². The molecule has 13 heteroatoms. The molecule has 0 bridgehead atoms. The minimum atomic E-state index is -1.37. The number of hydrogen-bond donors (Lipinski definition) is 8. The topological polar surface area (TPSA) is 215 Å². The van der Waals surface area contributed by atoms with E-state index in [1.165, 1.54) is 12.5 Å². The van der Waals surface area contributed by atoms with Gasteiger partial charge >= 0.3 is 5.97 Å². The van der Waals surface area contributed by atoms with Crippen LogP contribution in [0.25, 0.3) is 10.9 Å². The molecule has 4 atom stereocenters. The Morgan fingerprint density at radius 2 is 1.68 bits per heavy atom. The number of amides is 3. The first kappa shape index (κ1) is 28.3. The highest BCUT2D eigenvalue weighted by Gasteiger charge is 2.32. The number of carboxylic acids is 1. The Kier molecular flexibility index (Phi) is 9.57. The average Bonchev–Trinajstić information content (AvgIpc) is 3.54. The largest absolute Gasteiger partial charge is 0.480 e. The van der Waals surface area contributed by atoms with Crippen molar-refractivity contribution in [3.8, 4) is 0 Å². The zero-order valence-electron chi connectivity index (χ0n) is 21.1. The summed E-state index contributed by atoms with van der Waals surface area (Å²) in [4.78, 5) is 60.1. The lowest BCUT2D eigenvalue weighted by atomic mass is 10.0. The fourth-order valence-corrected chi connectivity index (χ4v) is 3.97. The SMILES string of the molecule is CC(C)C(NC(=O)C(CO)NC(=O)C(N)Cc1cnc[nH]1)C(=O)NC(Cc1c[nH]c2ccccc12)C(=O)O. The first-order valence-electron chi connectivity index (χ1n) is 12.1. The van der Waals surface area contributed by atoms with Gasteiger partial charge in [-0.05, 0) is 17.5 Å². The second-order valence-corrected chi connectivity index (χ2v) is 9.32. The predicted molar refractivity (Wildman–Crippen MR) is 138 cm³/mol. The van der Waals surface area contributed by atoms with Gasteiger partial charge in [0, 0.05) is 41.8 Å². The number of nitrogens with zero attached hydrogens (tertiary/aromatic N) is 1. The van der Waals surface area contributed by atoms with Gasteiger partial charge in [-0.2, -0.15) is 0 Å². The average molecular weight is 528 g/mol. The van der Waals surface area contributed by atoms with Crippen LogP contribution < -0.4 is 21.7 Å². The summed E-state index contributed by atoms with van der Waals surface area (Å²) in [6, 6.07) is 2.63. The third-order valence-electron chi connectivity index (χ3n) is 6.11. The number of nitrogens with one attached hydrogen (secondary N) is 5. The second-order valence-electron chi connectivity index (χ2n) is 9.32. The van der Waals surface area contributed by atoms with Gasteiger partial charge in [0.1, 0.15) is 18.1 Å². The van der Waals surface area contributed by atoms with E-state index >= 15 is 0 Å². The van der Waals surface area contributed by atoms with Crippen molar-refractivity contribution in [3.63, 3.8) is 0 Å². The van der Waals surface area contributed by atoms with Gasteiger partial charge in [-0.3, -0.25) is 14.4 Å². The number of benzene rings is 1. The molecule has 3 amide bonds. The molecule has 0 saturated heterocycles. The lowest BCUT2D eigenvalue weighted by Gasteiger charge is -2.26. The van der Waals surface area contributed by atoms with E-state index in [0.717, 1.165) is 10.9 Å². The molecule has 38 heavy (non-hydrogen) atoms. The Labute approximate surface area is 218 Å². The van der Waals surface area contributed by atoms with Crippen molar-refractivity contribution < 1.29 is 29.4 Å². The van der Waals surface area contributed by atoms with Crippen molar-refractivity contribution >= 4 is 34.6 Å². The molecular formula is C25H33N7O6. The van der Waals surface area contributed by atoms with Crippen LogP contribution in [-0.4, -0.2) is 79.6 Å². The first-order chi connectivity index (χ1) is 18.1. The van der Waals surface area contributed by atoms with Gasteiger partial charge in [-0.25, -0.2) is 9.78 Å². The maximum atomic E-state index is 13.1. The van der Waals surface area contributed by atoms with Crippen LogP contribution in [0, 0.1) is 5.92 Å². The quantitative estimate of drug-likeness (QED) is 0.140. The van der Waals surface area contributed by atoms with E-state index in [2.05, 4.69) is 30.9 Å². The van der Waals surface area contributed by atoms with Gasteiger partial charge in [0.25, 0.3) is 0 Å². The molecule has 0 radical (unpaired) electrons. The smallest absolute Gasteiger partial charge is 0.326 e. The Hall–Kier alpha value is -4.23. The van der Waals surface area contributed by atoms with E-state index in [1.807, 2.05) is 24.3 Å². The van der Waals surface area contributed by atoms with Gasteiger partial charge < -0.3 is 41.9 Å². The molecule has 2 aromatic heterocycles. The maximum Gasteiger partial charge on any atom is 0.326 e. The second kappa shape index (κ2) is 12.8. The Balaban J connectivity index is 1.64. The molecule has 0 aliphatic heterocycles. The van der Waals surface area contributed by atoms with E-state index in [1.54, 1.807) is 20.0 Å². The number of aliphatic hydroxyl groups excluding tert-OH is 1. The Morgan fingerprint density at radius 1 is 0.974 bits per heavy atom. The van der Waals surface area contributed by atoms with Crippen molar-refractivity contribution in [1.82, 2.24) is 30.9 Å². The monoisotopic (exact) mass is 527 g/mol. The summed E-state index contributed by atoms with van der Waals surface area (Å²) in [6.45, 7) is 2.61. The number of fused-ring (bicyclic) bond motifs is 1. The molecule has 4 unspecified atom stereocenters. The number of hydrogen-bond acceptors (Lipinski definition) is 7. The first-order valence-corrected chi connectivity index (χ1v) is 12.1. The summed E-state index contributed by atoms with van der Waals surface area (Å²) < 4.78 is 0. The number of para-hydroxylation sites is 1. The molecule has 0 fully saturated rings. The van der Waals surface area contributed by atoms with Crippen LogP contribution >= 0.6 is 0 Å². The molecule has 0 aliphatic carbocycles. The van der Waals surface area contributed by atoms with E-state index in [9.17, 15) is 29.4 Å². The number of aliphatic carboxylic acids is 1. The normalized spacial score (nSPS) is 14.4. The third kappa shape index (κ3) is 7.17. The van der Waals surface area contributed by atoms with Crippen molar-refractivity contribution in [1.29, 1.82) is 0 Å². The number of nitrogens with two attached hydrogens (primary N) is 1. The van der Waals surface area contributed by atoms with Gasteiger partial charge in [0.05, 0.1) is 19.0 Å². The number of carbonyl (C=O) groups is 4. The van der Waals surface area contributed by atoms with Gasteiger partial charge in [-0.15, -0.1) is 0 Å². The lowest BCUT2D eigenvalue weighted by molar-refractivity contribution is -0.142. The zero-order chi connectivity index (χ0) is 27.8. The van der Waals surface area contributed by atoms with E-state index in [4.69, 9.17) is 5.73 Å². The molecule has 0 spiro atoms. The standard InChI is InChI=1S/C25H33N7O6/c1-13(2)21(32-23(35)20(11-33)31-22(34)17(26)8-15-10-27-12-29-15)24(36)30-19(25(37)38)7-14-9-28-18-6-4-3-5-16(14)18/h3-6,9-10,12-13,17,19-21,28,33H,7-8,11,26H2,1-2H3,(H,27,29)(H,30,36)(H,31,34)(H,32,35)(H,37,38). The highest BCUT2D eigenvalue weighted by atomic mass is 16.4. The highest BCUT2D eigenvalue weighted by molar-refractivity contribution is 5.94. The third-order valence-corrected chi connectivity index (χ3v) is 6.11. The van der Waals surface area contributed by atoms with Gasteiger partial charge in [0.2, 0.25) is 17.7 Å². The lowest BCUT2D eigenvalue weighted by Crippen LogP contribution is -2.59. The van der Waals surface area contributed by atoms with Crippen molar-refractivity contribution in [2.45, 2.75) is 50.9 Å². The molecule has 9 N–H and O–H groups in total. The van der Waals surface area contributed by atoms with Crippen LogP contribution in [0.2, 0.25) is 0 Å². The molecule has 0 saturated carbocycles. The van der Waals surface area contributed by atoms with Crippen molar-refractivity contribution in [3.05, 3.63) is 54.2 Å². The number of aromatic amines is 2. The van der Waals surface area contributed by atoms with Crippen molar-refractivity contribution in [2.75, 3.05) is 6.61 Å². The molecule has 3 aromatic rings. The zero-order valence-corrected chi connectivity index (χ0v) is 21.1. The minimum Gasteiger partial charge on any atom is -0.480 e. The number of imidazole rings is 1. The number of H-pyrrole nitrogens is 2. The maximum absolute atomic E-state index is 13.1.